The first-order valence-corrected chi connectivity index (χ1v) is 13.7. The van der Waals surface area contributed by atoms with E-state index in [1.54, 1.807) is 4.90 Å². The Morgan fingerprint density at radius 1 is 1.12 bits per heavy atom. The molecule has 2 amide bonds. The van der Waals surface area contributed by atoms with Crippen molar-refractivity contribution in [1.29, 1.82) is 0 Å². The number of carbonyl (C=O) groups excluding carboxylic acids is 2. The predicted molar refractivity (Wildman–Crippen MR) is 154 cm³/mol. The molecule has 4 rings (SSSR count). The largest absolute Gasteiger partial charge is 0.490 e. The van der Waals surface area contributed by atoms with Gasteiger partial charge in [0.05, 0.1) is 25.9 Å². The van der Waals surface area contributed by atoms with Gasteiger partial charge < -0.3 is 19.3 Å². The minimum atomic E-state index is -0.784. The molecule has 0 aliphatic carbocycles. The number of hydrazine groups is 1. The number of aryl methyl sites for hydroxylation is 1. The molecule has 1 N–H and O–H groups in total. The van der Waals surface area contributed by atoms with Crippen LogP contribution in [-0.4, -0.2) is 82.1 Å². The van der Waals surface area contributed by atoms with Gasteiger partial charge in [0.15, 0.2) is 16.7 Å². The minimum absolute atomic E-state index is 0.0804. The van der Waals surface area contributed by atoms with Crippen molar-refractivity contribution in [3.8, 4) is 0 Å². The van der Waals surface area contributed by atoms with Gasteiger partial charge in [-0.05, 0) is 42.8 Å². The molecule has 2 aliphatic rings. The lowest BCUT2D eigenvalue weighted by Gasteiger charge is -2.25. The number of hydrogen-bond acceptors (Lipinski definition) is 8. The van der Waals surface area contributed by atoms with E-state index < -0.39 is 23.8 Å². The number of ether oxygens (including phenoxy) is 2. The van der Waals surface area contributed by atoms with E-state index in [4.69, 9.17) is 21.7 Å². The molecule has 0 unspecified atom stereocenters. The highest BCUT2D eigenvalue weighted by Gasteiger charge is 2.34. The number of hydrogen-bond donors (Lipinski definition) is 1. The fourth-order valence-corrected chi connectivity index (χ4v) is 4.91. The highest BCUT2D eigenvalue weighted by atomic mass is 32.1. The van der Waals surface area contributed by atoms with Gasteiger partial charge in [-0.25, -0.2) is 19.0 Å². The molecule has 40 heavy (non-hydrogen) atoms. The lowest BCUT2D eigenvalue weighted by molar-refractivity contribution is -0.133. The lowest BCUT2D eigenvalue weighted by Crippen LogP contribution is -2.43. The Bertz CT molecular complexity index is 1210. The van der Waals surface area contributed by atoms with E-state index >= 15 is 8.78 Å². The fraction of sp³-hybridized carbons (Fsp3) is 0.464. The number of cyclic esters (lactones) is 1. The maximum atomic E-state index is 15.2. The topological polar surface area (TPSA) is 77.6 Å². The smallest absolute Gasteiger partial charge is 0.414 e. The molecule has 2 saturated heterocycles. The van der Waals surface area contributed by atoms with Crippen molar-refractivity contribution in [3.05, 3.63) is 53.6 Å². The summed E-state index contributed by atoms with van der Waals surface area (Å²) in [5.74, 6) is -1.65. The SMILES string of the molecule is COC(=S)CC[C@H]1CN(c2cc(F)c(N3CCNN(C(=O)CCc4ccc(N(C)C)cc4)CC3)c(F)c2)C(=O)O1. The van der Waals surface area contributed by atoms with E-state index in [2.05, 4.69) is 5.43 Å². The molecule has 1 atom stereocenters. The Hall–Kier alpha value is -3.51. The van der Waals surface area contributed by atoms with Crippen molar-refractivity contribution in [1.82, 2.24) is 10.4 Å². The number of thiocarbonyl (C=S) groups is 1. The lowest BCUT2D eigenvalue weighted by atomic mass is 10.1. The normalized spacial score (nSPS) is 17.5. The molecule has 2 heterocycles. The maximum Gasteiger partial charge on any atom is 0.414 e. The number of anilines is 3. The summed E-state index contributed by atoms with van der Waals surface area (Å²) in [4.78, 5) is 30.0. The number of nitrogens with one attached hydrogen (secondary N) is 1. The Kier molecular flexibility index (Phi) is 9.75. The number of methoxy groups -OCH3 is 1. The Morgan fingerprint density at radius 2 is 1.82 bits per heavy atom. The second-order valence-corrected chi connectivity index (χ2v) is 10.4. The second-order valence-electron chi connectivity index (χ2n) is 9.99. The number of benzene rings is 2. The second kappa shape index (κ2) is 13.2. The van der Waals surface area contributed by atoms with Gasteiger partial charge in [-0.15, -0.1) is 0 Å². The van der Waals surface area contributed by atoms with Crippen LogP contribution in [0.2, 0.25) is 0 Å². The van der Waals surface area contributed by atoms with Gasteiger partial charge in [-0.1, -0.05) is 12.1 Å². The van der Waals surface area contributed by atoms with Gasteiger partial charge in [0.2, 0.25) is 5.91 Å². The highest BCUT2D eigenvalue weighted by molar-refractivity contribution is 7.80. The maximum absolute atomic E-state index is 15.2. The van der Waals surface area contributed by atoms with Crippen molar-refractivity contribution in [3.63, 3.8) is 0 Å². The molecule has 0 radical (unpaired) electrons. The number of nitrogens with zero attached hydrogens (tertiary/aromatic N) is 4. The molecule has 0 bridgehead atoms. The van der Waals surface area contributed by atoms with Crippen LogP contribution in [0.4, 0.5) is 30.6 Å². The quantitative estimate of drug-likeness (QED) is 0.452. The first kappa shape index (κ1) is 29.5. The van der Waals surface area contributed by atoms with Crippen molar-refractivity contribution in [2.45, 2.75) is 31.8 Å². The Balaban J connectivity index is 1.34. The summed E-state index contributed by atoms with van der Waals surface area (Å²) in [6.07, 6.45) is 0.682. The van der Waals surface area contributed by atoms with E-state index in [9.17, 15) is 9.59 Å². The summed E-state index contributed by atoms with van der Waals surface area (Å²) in [7, 11) is 5.42. The molecule has 2 aromatic rings. The zero-order valence-electron chi connectivity index (χ0n) is 23.0. The molecule has 0 aromatic heterocycles. The molecule has 0 spiro atoms. The van der Waals surface area contributed by atoms with Gasteiger partial charge in [0.25, 0.3) is 0 Å². The van der Waals surface area contributed by atoms with Gasteiger partial charge in [0, 0.05) is 64.4 Å². The molecular formula is C28H35F2N5O4S. The monoisotopic (exact) mass is 575 g/mol. The van der Waals surface area contributed by atoms with Crippen LogP contribution in [0.25, 0.3) is 0 Å². The summed E-state index contributed by atoms with van der Waals surface area (Å²) < 4.78 is 40.8. The minimum Gasteiger partial charge on any atom is -0.490 e. The third kappa shape index (κ3) is 7.16. The highest BCUT2D eigenvalue weighted by Crippen LogP contribution is 2.32. The van der Waals surface area contributed by atoms with E-state index in [0.717, 1.165) is 23.4 Å². The Labute approximate surface area is 238 Å². The Morgan fingerprint density at radius 3 is 2.48 bits per heavy atom. The van der Waals surface area contributed by atoms with E-state index in [0.29, 0.717) is 43.8 Å². The summed E-state index contributed by atoms with van der Waals surface area (Å²) in [5, 5.41) is 1.92. The fourth-order valence-electron chi connectivity index (χ4n) is 4.79. The van der Waals surface area contributed by atoms with Crippen LogP contribution >= 0.6 is 12.2 Å². The van der Waals surface area contributed by atoms with Crippen LogP contribution in [0.1, 0.15) is 24.8 Å². The van der Waals surface area contributed by atoms with Crippen molar-refractivity contribution >= 4 is 46.3 Å². The third-order valence-electron chi connectivity index (χ3n) is 7.06. The number of carbonyl (C=O) groups is 2. The van der Waals surface area contributed by atoms with Crippen LogP contribution in [0.3, 0.4) is 0 Å². The molecule has 9 nitrogen and oxygen atoms in total. The first-order chi connectivity index (χ1) is 19.2. The molecule has 2 fully saturated rings. The molecule has 0 saturated carbocycles. The zero-order chi connectivity index (χ0) is 28.8. The average molecular weight is 576 g/mol. The number of rotatable bonds is 9. The van der Waals surface area contributed by atoms with Gasteiger partial charge in [-0.2, -0.15) is 0 Å². The number of amides is 2. The van der Waals surface area contributed by atoms with Crippen molar-refractivity contribution < 1.29 is 27.8 Å². The van der Waals surface area contributed by atoms with Crippen LogP contribution < -0.4 is 20.1 Å². The summed E-state index contributed by atoms with van der Waals surface area (Å²) in [6.45, 7) is 1.32. The van der Waals surface area contributed by atoms with Crippen molar-refractivity contribution in [2.24, 2.45) is 0 Å². The summed E-state index contributed by atoms with van der Waals surface area (Å²) in [6, 6.07) is 10.3. The summed E-state index contributed by atoms with van der Waals surface area (Å²) in [5.41, 5.74) is 5.13. The molecule has 2 aromatic carbocycles. The standard InChI is InChI=1S/C28H35F2N5O4S/c1-32(2)20-7-4-19(5-8-20)6-10-25(36)35-15-14-33(13-12-31-35)27-23(29)16-21(17-24(27)30)34-18-22(39-28(34)37)9-11-26(40)38-3/h4-5,7-8,16-17,22,31H,6,9-15,18H2,1-3H3/t22-/m0/s1. The third-order valence-corrected chi connectivity index (χ3v) is 7.43. The molecular weight excluding hydrogens is 540 g/mol. The van der Waals surface area contributed by atoms with Crippen LogP contribution in [-0.2, 0) is 20.7 Å². The van der Waals surface area contributed by atoms with Crippen LogP contribution in [0.5, 0.6) is 0 Å². The number of halogens is 2. The van der Waals surface area contributed by atoms with E-state index in [1.807, 2.05) is 43.3 Å². The van der Waals surface area contributed by atoms with E-state index in [-0.39, 0.29) is 36.9 Å². The molecule has 12 heteroatoms. The van der Waals surface area contributed by atoms with Gasteiger partial charge in [0.1, 0.15) is 11.8 Å². The zero-order valence-corrected chi connectivity index (χ0v) is 23.8. The van der Waals surface area contributed by atoms with Crippen LogP contribution in [0, 0.1) is 11.6 Å². The van der Waals surface area contributed by atoms with Crippen molar-refractivity contribution in [2.75, 3.05) is 68.6 Å². The van der Waals surface area contributed by atoms with Gasteiger partial charge >= 0.3 is 6.09 Å². The summed E-state index contributed by atoms with van der Waals surface area (Å²) >= 11 is 5.02. The predicted octanol–water partition coefficient (Wildman–Crippen LogP) is 3.90. The van der Waals surface area contributed by atoms with E-state index in [1.165, 1.54) is 17.0 Å². The molecule has 216 valence electrons. The average Bonchev–Trinajstić information content (AvgIpc) is 3.14. The molecule has 2 aliphatic heterocycles. The van der Waals surface area contributed by atoms with Gasteiger partial charge in [-0.3, -0.25) is 14.7 Å². The van der Waals surface area contributed by atoms with Crippen LogP contribution in [0.15, 0.2) is 36.4 Å². The first-order valence-electron chi connectivity index (χ1n) is 13.3.